The number of nitrogens with one attached hydrogen (secondary N) is 1. The molecule has 2 aliphatic rings. The zero-order chi connectivity index (χ0) is 16.8. The van der Waals surface area contributed by atoms with E-state index in [1.165, 1.54) is 48.0 Å². The molecule has 1 aromatic heterocycles. The van der Waals surface area contributed by atoms with E-state index in [1.54, 1.807) is 5.56 Å². The fourth-order valence-electron chi connectivity index (χ4n) is 5.40. The third-order valence-electron chi connectivity index (χ3n) is 6.48. The lowest BCUT2D eigenvalue weighted by atomic mass is 9.68. The molecule has 2 heteroatoms. The molecule has 0 spiro atoms. The van der Waals surface area contributed by atoms with Crippen molar-refractivity contribution in [3.05, 3.63) is 71.4 Å². The second-order valence-corrected chi connectivity index (χ2v) is 7.79. The zero-order valence-corrected chi connectivity index (χ0v) is 14.9. The van der Waals surface area contributed by atoms with Gasteiger partial charge < -0.3 is 4.98 Å². The summed E-state index contributed by atoms with van der Waals surface area (Å²) in [6.45, 7) is 4.67. The number of hydrogen-bond acceptors (Lipinski definition) is 1. The topological polar surface area (TPSA) is 19.0 Å². The Morgan fingerprint density at radius 2 is 1.84 bits per heavy atom. The number of rotatable bonds is 3. The van der Waals surface area contributed by atoms with Crippen molar-refractivity contribution >= 4 is 10.9 Å². The average molecular weight is 330 g/mol. The smallest absolute Gasteiger partial charge is 0.0459 e. The van der Waals surface area contributed by atoms with Gasteiger partial charge in [0.25, 0.3) is 0 Å². The second-order valence-electron chi connectivity index (χ2n) is 7.79. The molecule has 0 amide bonds. The molecule has 0 unspecified atom stereocenters. The lowest BCUT2D eigenvalue weighted by Crippen LogP contribution is -2.46. The summed E-state index contributed by atoms with van der Waals surface area (Å²) in [5.41, 5.74) is 5.84. The molecule has 1 saturated heterocycles. The first-order valence-corrected chi connectivity index (χ1v) is 9.72. The van der Waals surface area contributed by atoms with Crippen LogP contribution < -0.4 is 0 Å². The van der Waals surface area contributed by atoms with Crippen molar-refractivity contribution in [1.82, 2.24) is 9.88 Å². The highest BCUT2D eigenvalue weighted by atomic mass is 15.2. The summed E-state index contributed by atoms with van der Waals surface area (Å²) in [5.74, 6) is 1.62. The van der Waals surface area contributed by atoms with Gasteiger partial charge in [-0.3, -0.25) is 4.90 Å². The highest BCUT2D eigenvalue weighted by Crippen LogP contribution is 2.50. The van der Waals surface area contributed by atoms with Crippen LogP contribution in [0.1, 0.15) is 42.6 Å². The summed E-state index contributed by atoms with van der Waals surface area (Å²) in [6.07, 6.45) is 3.84. The van der Waals surface area contributed by atoms with Crippen LogP contribution in [-0.4, -0.2) is 16.4 Å². The Hall–Kier alpha value is -2.06. The molecule has 128 valence electrons. The van der Waals surface area contributed by atoms with Crippen LogP contribution in [0.5, 0.6) is 0 Å². The van der Waals surface area contributed by atoms with Crippen LogP contribution in [0.2, 0.25) is 0 Å². The van der Waals surface area contributed by atoms with E-state index in [1.807, 2.05) is 0 Å². The van der Waals surface area contributed by atoms with E-state index >= 15 is 0 Å². The second kappa shape index (κ2) is 6.03. The third kappa shape index (κ3) is 2.43. The molecule has 1 aliphatic carbocycles. The molecule has 2 nitrogen and oxygen atoms in total. The van der Waals surface area contributed by atoms with E-state index in [-0.39, 0.29) is 0 Å². The van der Waals surface area contributed by atoms with Crippen molar-refractivity contribution < 1.29 is 0 Å². The van der Waals surface area contributed by atoms with Gasteiger partial charge in [0.05, 0.1) is 0 Å². The maximum atomic E-state index is 3.75. The maximum Gasteiger partial charge on any atom is 0.0459 e. The molecule has 2 heterocycles. The Morgan fingerprint density at radius 1 is 1.04 bits per heavy atom. The number of aromatic nitrogens is 1. The van der Waals surface area contributed by atoms with Gasteiger partial charge in [0.15, 0.2) is 0 Å². The monoisotopic (exact) mass is 330 g/mol. The van der Waals surface area contributed by atoms with Gasteiger partial charge in [-0.15, -0.1) is 0 Å². The number of piperidine rings is 1. The Bertz CT molecular complexity index is 880. The van der Waals surface area contributed by atoms with Gasteiger partial charge in [0.2, 0.25) is 0 Å². The zero-order valence-electron chi connectivity index (χ0n) is 14.9. The molecule has 0 saturated carbocycles. The normalized spacial score (nSPS) is 25.9. The largest absolute Gasteiger partial charge is 0.358 e. The first-order valence-electron chi connectivity index (χ1n) is 9.72. The predicted molar refractivity (Wildman–Crippen MR) is 103 cm³/mol. The van der Waals surface area contributed by atoms with Crippen LogP contribution in [0.25, 0.3) is 10.9 Å². The number of likely N-dealkylation sites (tertiary alicyclic amines) is 1. The molecule has 25 heavy (non-hydrogen) atoms. The molecule has 2 aromatic carbocycles. The summed E-state index contributed by atoms with van der Waals surface area (Å²) in [7, 11) is 0. The molecule has 5 rings (SSSR count). The fraction of sp³-hybridized carbons (Fsp3) is 0.391. The van der Waals surface area contributed by atoms with Gasteiger partial charge in [-0.05, 0) is 48.4 Å². The molecule has 1 aliphatic heterocycles. The molecule has 1 N–H and O–H groups in total. The van der Waals surface area contributed by atoms with Crippen LogP contribution >= 0.6 is 0 Å². The van der Waals surface area contributed by atoms with E-state index in [2.05, 4.69) is 71.4 Å². The number of benzene rings is 2. The van der Waals surface area contributed by atoms with Gasteiger partial charge in [0.1, 0.15) is 0 Å². The van der Waals surface area contributed by atoms with E-state index in [0.717, 1.165) is 18.4 Å². The fourth-order valence-corrected chi connectivity index (χ4v) is 5.40. The van der Waals surface area contributed by atoms with Crippen LogP contribution in [0.3, 0.4) is 0 Å². The highest BCUT2D eigenvalue weighted by molar-refractivity contribution is 5.85. The van der Waals surface area contributed by atoms with Crippen molar-refractivity contribution in [2.45, 2.75) is 38.8 Å². The Labute approximate surface area is 149 Å². The molecular formula is C23H26N2. The Morgan fingerprint density at radius 3 is 2.68 bits per heavy atom. The van der Waals surface area contributed by atoms with Gasteiger partial charge in [0, 0.05) is 29.2 Å². The highest BCUT2D eigenvalue weighted by Gasteiger charge is 2.43. The van der Waals surface area contributed by atoms with Gasteiger partial charge >= 0.3 is 0 Å². The van der Waals surface area contributed by atoms with E-state index in [0.29, 0.717) is 6.04 Å². The molecular weight excluding hydrogens is 304 g/mol. The van der Waals surface area contributed by atoms with Crippen molar-refractivity contribution in [3.63, 3.8) is 0 Å². The van der Waals surface area contributed by atoms with Crippen LogP contribution in [-0.2, 0) is 13.0 Å². The summed E-state index contributed by atoms with van der Waals surface area (Å²) >= 11 is 0. The number of fused-ring (bicyclic) bond motifs is 6. The van der Waals surface area contributed by atoms with Gasteiger partial charge in [-0.25, -0.2) is 0 Å². The minimum absolute atomic E-state index is 0.559. The third-order valence-corrected chi connectivity index (χ3v) is 6.48. The first-order chi connectivity index (χ1) is 12.3. The van der Waals surface area contributed by atoms with Crippen molar-refractivity contribution in [2.24, 2.45) is 11.8 Å². The Kier molecular flexibility index (Phi) is 3.67. The molecule has 2 bridgehead atoms. The first kappa shape index (κ1) is 15.2. The quantitative estimate of drug-likeness (QED) is 0.689. The molecule has 3 atom stereocenters. The number of para-hydroxylation sites is 1. The van der Waals surface area contributed by atoms with Crippen LogP contribution in [0.4, 0.5) is 0 Å². The minimum Gasteiger partial charge on any atom is -0.358 e. The number of hydrogen-bond donors (Lipinski definition) is 1. The van der Waals surface area contributed by atoms with E-state index in [4.69, 9.17) is 0 Å². The van der Waals surface area contributed by atoms with Crippen molar-refractivity contribution in [2.75, 3.05) is 6.54 Å². The van der Waals surface area contributed by atoms with Crippen molar-refractivity contribution in [3.8, 4) is 0 Å². The number of H-pyrrole nitrogens is 1. The molecule has 0 radical (unpaired) electrons. The molecule has 3 aromatic rings. The van der Waals surface area contributed by atoms with E-state index in [9.17, 15) is 0 Å². The van der Waals surface area contributed by atoms with Gasteiger partial charge in [-0.1, -0.05) is 61.9 Å². The standard InChI is InChI=1S/C23H26N2/c1-2-18-17-12-13-25(15-16-8-4-3-5-9-16)23(18)22-19-10-6-7-11-20(19)24-21(22)14-17/h3-11,17-18,23-24H,2,12-15H2,1H3/t17-,18-,23-/m1/s1. The molecule has 1 fully saturated rings. The lowest BCUT2D eigenvalue weighted by molar-refractivity contribution is 0.0277. The average Bonchev–Trinajstić information content (AvgIpc) is 3.02. The lowest BCUT2D eigenvalue weighted by Gasteiger charge is -2.49. The minimum atomic E-state index is 0.559. The van der Waals surface area contributed by atoms with Crippen molar-refractivity contribution in [1.29, 1.82) is 0 Å². The maximum absolute atomic E-state index is 3.75. The summed E-state index contributed by atoms with van der Waals surface area (Å²) in [6, 6.07) is 20.4. The summed E-state index contributed by atoms with van der Waals surface area (Å²) in [4.78, 5) is 6.50. The van der Waals surface area contributed by atoms with Gasteiger partial charge in [-0.2, -0.15) is 0 Å². The summed E-state index contributed by atoms with van der Waals surface area (Å²) < 4.78 is 0. The number of nitrogens with zero attached hydrogens (tertiary/aromatic N) is 1. The number of aromatic amines is 1. The predicted octanol–water partition coefficient (Wildman–Crippen LogP) is 5.31. The Balaban J connectivity index is 1.61. The summed E-state index contributed by atoms with van der Waals surface area (Å²) in [5, 5.41) is 1.44. The van der Waals surface area contributed by atoms with Crippen LogP contribution in [0, 0.1) is 11.8 Å². The van der Waals surface area contributed by atoms with Crippen LogP contribution in [0.15, 0.2) is 54.6 Å². The van der Waals surface area contributed by atoms with E-state index < -0.39 is 0 Å². The SMILES string of the molecule is CC[C@@H]1[C@@H]2CCN(Cc3ccccc3)[C@H]1c1c([nH]c3ccccc13)C2.